The molecule has 30 heavy (non-hydrogen) atoms. The van der Waals surface area contributed by atoms with Gasteiger partial charge >= 0.3 is 6.61 Å². The Bertz CT molecular complexity index is 1150. The highest BCUT2D eigenvalue weighted by Gasteiger charge is 2.13. The number of hydrogen-bond donors (Lipinski definition) is 0. The predicted octanol–water partition coefficient (Wildman–Crippen LogP) is 7.87. The van der Waals surface area contributed by atoms with Crippen LogP contribution in [0.1, 0.15) is 18.9 Å². The monoisotopic (exact) mass is 406 g/mol. The first-order valence-electron chi connectivity index (χ1n) is 9.92. The molecular weight excluding hydrogens is 385 g/mol. The smallest absolute Gasteiger partial charge is 0.387 e. The van der Waals surface area contributed by atoms with Gasteiger partial charge in [-0.05, 0) is 51.8 Å². The maximum absolute atomic E-state index is 14.4. The minimum Gasteiger partial charge on any atom is -0.432 e. The zero-order valence-electron chi connectivity index (χ0n) is 16.5. The Morgan fingerprint density at radius 1 is 0.733 bits per heavy atom. The molecule has 0 spiro atoms. The molecule has 4 rings (SSSR count). The summed E-state index contributed by atoms with van der Waals surface area (Å²) in [5.41, 5.74) is 5.55. The van der Waals surface area contributed by atoms with Crippen molar-refractivity contribution in [1.82, 2.24) is 0 Å². The highest BCUT2D eigenvalue weighted by atomic mass is 19.3. The van der Waals surface area contributed by atoms with Crippen LogP contribution in [0.15, 0.2) is 78.9 Å². The molecular formula is C26H21F3O. The van der Waals surface area contributed by atoms with Crippen LogP contribution in [0.4, 0.5) is 13.2 Å². The Morgan fingerprint density at radius 2 is 1.30 bits per heavy atom. The van der Waals surface area contributed by atoms with Gasteiger partial charge in [-0.15, -0.1) is 0 Å². The van der Waals surface area contributed by atoms with Gasteiger partial charge in [-0.1, -0.05) is 80.1 Å². The first-order valence-corrected chi connectivity index (χ1v) is 9.92. The van der Waals surface area contributed by atoms with E-state index in [0.29, 0.717) is 5.39 Å². The zero-order valence-corrected chi connectivity index (χ0v) is 16.5. The van der Waals surface area contributed by atoms with Gasteiger partial charge in [0.15, 0.2) is 11.6 Å². The van der Waals surface area contributed by atoms with E-state index >= 15 is 0 Å². The molecule has 0 saturated heterocycles. The molecule has 0 radical (unpaired) electrons. The second-order valence-corrected chi connectivity index (χ2v) is 7.22. The quantitative estimate of drug-likeness (QED) is 0.317. The lowest BCUT2D eigenvalue weighted by atomic mass is 9.97. The molecule has 0 heterocycles. The summed E-state index contributed by atoms with van der Waals surface area (Å²) in [6, 6.07) is 24.8. The Kier molecular flexibility index (Phi) is 5.75. The molecule has 152 valence electrons. The minimum absolute atomic E-state index is 0.251. The van der Waals surface area contributed by atoms with Crippen LogP contribution >= 0.6 is 0 Å². The fourth-order valence-electron chi connectivity index (χ4n) is 3.65. The van der Waals surface area contributed by atoms with E-state index in [4.69, 9.17) is 0 Å². The van der Waals surface area contributed by atoms with Crippen LogP contribution in [0, 0.1) is 5.82 Å². The van der Waals surface area contributed by atoms with Crippen LogP contribution < -0.4 is 4.74 Å². The van der Waals surface area contributed by atoms with Gasteiger partial charge < -0.3 is 4.74 Å². The van der Waals surface area contributed by atoms with Crippen molar-refractivity contribution in [3.63, 3.8) is 0 Å². The zero-order chi connectivity index (χ0) is 21.1. The van der Waals surface area contributed by atoms with Gasteiger partial charge in [0.1, 0.15) is 0 Å². The van der Waals surface area contributed by atoms with Crippen LogP contribution in [0.2, 0.25) is 0 Å². The maximum atomic E-state index is 14.4. The molecule has 0 bridgehead atoms. The van der Waals surface area contributed by atoms with Crippen molar-refractivity contribution in [2.24, 2.45) is 0 Å². The van der Waals surface area contributed by atoms with Crippen molar-refractivity contribution in [3.05, 3.63) is 90.2 Å². The third-order valence-electron chi connectivity index (χ3n) is 5.18. The van der Waals surface area contributed by atoms with Crippen molar-refractivity contribution in [2.75, 3.05) is 0 Å². The van der Waals surface area contributed by atoms with Gasteiger partial charge in [-0.25, -0.2) is 4.39 Å². The summed E-state index contributed by atoms with van der Waals surface area (Å²) >= 11 is 0. The van der Waals surface area contributed by atoms with Gasteiger partial charge in [-0.3, -0.25) is 0 Å². The Labute approximate surface area is 173 Å². The number of ether oxygens (including phenoxy) is 1. The number of rotatable bonds is 6. The SMILES string of the molecule is CCCc1ccc(-c2ccc(-c3ccc4c(F)c(OC(F)F)ccc4c3)cc2)cc1. The summed E-state index contributed by atoms with van der Waals surface area (Å²) in [7, 11) is 0. The Hall–Kier alpha value is -3.27. The minimum atomic E-state index is -3.06. The topological polar surface area (TPSA) is 9.23 Å². The number of alkyl halides is 2. The van der Waals surface area contributed by atoms with E-state index in [9.17, 15) is 13.2 Å². The molecule has 0 aromatic heterocycles. The second kappa shape index (κ2) is 8.62. The van der Waals surface area contributed by atoms with E-state index in [1.54, 1.807) is 18.2 Å². The summed E-state index contributed by atoms with van der Waals surface area (Å²) in [5, 5.41) is 0.878. The molecule has 0 saturated carbocycles. The van der Waals surface area contributed by atoms with Crippen LogP contribution in [-0.4, -0.2) is 6.61 Å². The highest BCUT2D eigenvalue weighted by Crippen LogP contribution is 2.32. The van der Waals surface area contributed by atoms with Crippen molar-refractivity contribution < 1.29 is 17.9 Å². The van der Waals surface area contributed by atoms with Gasteiger partial charge in [-0.2, -0.15) is 8.78 Å². The molecule has 0 unspecified atom stereocenters. The average molecular weight is 406 g/mol. The highest BCUT2D eigenvalue weighted by molar-refractivity contribution is 5.89. The van der Waals surface area contributed by atoms with Crippen molar-refractivity contribution in [2.45, 2.75) is 26.4 Å². The standard InChI is InChI=1S/C26H21F3O/c1-2-3-17-4-6-18(7-5-17)19-8-10-20(11-9-19)21-12-14-23-22(16-21)13-15-24(25(23)27)30-26(28)29/h4-16,26H,2-3H2,1H3. The lowest BCUT2D eigenvalue weighted by Gasteiger charge is -2.10. The number of aryl methyl sites for hydroxylation is 1. The van der Waals surface area contributed by atoms with Crippen LogP contribution in [0.5, 0.6) is 5.75 Å². The maximum Gasteiger partial charge on any atom is 0.387 e. The largest absolute Gasteiger partial charge is 0.432 e. The Morgan fingerprint density at radius 3 is 1.90 bits per heavy atom. The first-order chi connectivity index (χ1) is 14.5. The fraction of sp³-hybridized carbons (Fsp3) is 0.154. The van der Waals surface area contributed by atoms with Crippen LogP contribution in [0.3, 0.4) is 0 Å². The Balaban J connectivity index is 1.60. The van der Waals surface area contributed by atoms with Crippen LogP contribution in [0.25, 0.3) is 33.0 Å². The number of benzene rings is 4. The van der Waals surface area contributed by atoms with Gasteiger partial charge in [0.05, 0.1) is 0 Å². The number of fused-ring (bicyclic) bond motifs is 1. The van der Waals surface area contributed by atoms with Gasteiger partial charge in [0, 0.05) is 5.39 Å². The summed E-state index contributed by atoms with van der Waals surface area (Å²) < 4.78 is 43.5. The van der Waals surface area contributed by atoms with E-state index in [-0.39, 0.29) is 5.39 Å². The molecule has 4 aromatic rings. The van der Waals surface area contributed by atoms with E-state index in [2.05, 4.69) is 48.1 Å². The second-order valence-electron chi connectivity index (χ2n) is 7.22. The molecule has 0 N–H and O–H groups in total. The molecule has 0 aliphatic heterocycles. The fourth-order valence-corrected chi connectivity index (χ4v) is 3.65. The lowest BCUT2D eigenvalue weighted by molar-refractivity contribution is -0.0520. The number of hydrogen-bond acceptors (Lipinski definition) is 1. The van der Waals surface area contributed by atoms with Gasteiger partial charge in [0.25, 0.3) is 0 Å². The molecule has 0 fully saturated rings. The lowest BCUT2D eigenvalue weighted by Crippen LogP contribution is -2.03. The molecule has 1 nitrogen and oxygen atoms in total. The van der Waals surface area contributed by atoms with Crippen molar-refractivity contribution >= 4 is 10.8 Å². The van der Waals surface area contributed by atoms with Gasteiger partial charge in [0.2, 0.25) is 0 Å². The summed E-state index contributed by atoms with van der Waals surface area (Å²) in [5.74, 6) is -1.22. The average Bonchev–Trinajstić information content (AvgIpc) is 2.76. The molecule has 0 atom stereocenters. The number of halogens is 3. The van der Waals surface area contributed by atoms with E-state index in [1.165, 1.54) is 11.6 Å². The molecule has 0 aliphatic rings. The molecule has 0 aliphatic carbocycles. The summed E-state index contributed by atoms with van der Waals surface area (Å²) in [6.45, 7) is -0.887. The molecule has 4 heteroatoms. The van der Waals surface area contributed by atoms with E-state index in [0.717, 1.165) is 35.1 Å². The van der Waals surface area contributed by atoms with Crippen molar-refractivity contribution in [1.29, 1.82) is 0 Å². The summed E-state index contributed by atoms with van der Waals surface area (Å²) in [4.78, 5) is 0. The molecule has 0 amide bonds. The third-order valence-corrected chi connectivity index (χ3v) is 5.18. The third kappa shape index (κ3) is 4.18. The van der Waals surface area contributed by atoms with E-state index in [1.807, 2.05) is 18.2 Å². The van der Waals surface area contributed by atoms with Crippen molar-refractivity contribution in [3.8, 4) is 28.0 Å². The predicted molar refractivity (Wildman–Crippen MR) is 115 cm³/mol. The van der Waals surface area contributed by atoms with Crippen LogP contribution in [-0.2, 0) is 6.42 Å². The molecule has 4 aromatic carbocycles. The van der Waals surface area contributed by atoms with E-state index < -0.39 is 18.2 Å². The summed E-state index contributed by atoms with van der Waals surface area (Å²) in [6.07, 6.45) is 2.21. The first kappa shape index (κ1) is 20.0. The normalized spacial score (nSPS) is 11.2.